The lowest BCUT2D eigenvalue weighted by atomic mass is 10.2. The molecule has 0 radical (unpaired) electrons. The Morgan fingerprint density at radius 2 is 1.94 bits per heavy atom. The van der Waals surface area contributed by atoms with Crippen LogP contribution in [0.1, 0.15) is 45.3 Å². The van der Waals surface area contributed by atoms with Crippen molar-refractivity contribution in [2.45, 2.75) is 56.3 Å². The molecule has 1 aliphatic carbocycles. The highest BCUT2D eigenvalue weighted by molar-refractivity contribution is 7.92. The number of halogens is 3. The van der Waals surface area contributed by atoms with Crippen LogP contribution < -0.4 is 10.3 Å². The largest absolute Gasteiger partial charge is 0.471 e. The molecule has 3 heterocycles. The smallest absolute Gasteiger partial charge is 0.431 e. The zero-order valence-corrected chi connectivity index (χ0v) is 20.4. The maximum Gasteiger partial charge on any atom is 0.431 e. The van der Waals surface area contributed by atoms with Crippen molar-refractivity contribution in [3.63, 3.8) is 0 Å². The third-order valence-corrected chi connectivity index (χ3v) is 7.75. The number of hydrogen-bond acceptors (Lipinski definition) is 6. The molecule has 8 nitrogen and oxygen atoms in total. The zero-order chi connectivity index (χ0) is 25.9. The number of nitriles is 1. The summed E-state index contributed by atoms with van der Waals surface area (Å²) in [6.45, 7) is 4.63. The number of alkyl halides is 3. The summed E-state index contributed by atoms with van der Waals surface area (Å²) in [5, 5.41) is 9.32. The number of fused-ring (bicyclic) bond motifs is 1. The summed E-state index contributed by atoms with van der Waals surface area (Å²) in [6, 6.07) is 5.18. The van der Waals surface area contributed by atoms with Gasteiger partial charge in [-0.25, -0.2) is 14.0 Å². The summed E-state index contributed by atoms with van der Waals surface area (Å²) in [4.78, 5) is 17.5. The molecule has 1 fully saturated rings. The van der Waals surface area contributed by atoms with Crippen molar-refractivity contribution in [3.05, 3.63) is 40.4 Å². The molecule has 12 heteroatoms. The predicted molar refractivity (Wildman–Crippen MR) is 124 cm³/mol. The predicted octanol–water partition coefficient (Wildman–Crippen LogP) is 4.86. The number of nitrogens with one attached hydrogen (secondary N) is 1. The minimum atomic E-state index is -4.71. The highest BCUT2D eigenvalue weighted by Crippen LogP contribution is 2.41. The van der Waals surface area contributed by atoms with Gasteiger partial charge >= 0.3 is 6.18 Å². The topological polar surface area (TPSA) is 114 Å². The minimum absolute atomic E-state index is 0.00992. The molecule has 0 bridgehead atoms. The van der Waals surface area contributed by atoms with Crippen LogP contribution in [0.4, 0.5) is 13.2 Å². The Balaban J connectivity index is 1.99. The van der Waals surface area contributed by atoms with Crippen LogP contribution in [0.3, 0.4) is 0 Å². The SMILES string of the molecule is CC[S@@](=N)(=O)c1cc(OC(C)(C)C#N)cnc1-c1cc2cc(C(F)(F)F)n(C3CC3)c(=O)c2n1C. The molecule has 1 aliphatic rings. The number of nitrogens with zero attached hydrogens (tertiary/aromatic N) is 4. The van der Waals surface area contributed by atoms with Gasteiger partial charge in [0.25, 0.3) is 5.56 Å². The Hall–Kier alpha value is -3.33. The number of ether oxygens (including phenoxy) is 1. The number of aryl methyl sites for hydroxylation is 1. The van der Waals surface area contributed by atoms with E-state index in [4.69, 9.17) is 9.52 Å². The van der Waals surface area contributed by atoms with E-state index in [2.05, 4.69) is 4.98 Å². The number of pyridine rings is 2. The molecular formula is C23H24F3N5O3S. The van der Waals surface area contributed by atoms with Gasteiger partial charge in [0.1, 0.15) is 28.7 Å². The van der Waals surface area contributed by atoms with Gasteiger partial charge in [0, 0.05) is 30.3 Å². The summed E-state index contributed by atoms with van der Waals surface area (Å²) >= 11 is 0. The van der Waals surface area contributed by atoms with Gasteiger partial charge in [-0.3, -0.25) is 9.36 Å². The van der Waals surface area contributed by atoms with Gasteiger partial charge in [0.15, 0.2) is 5.60 Å². The van der Waals surface area contributed by atoms with E-state index >= 15 is 0 Å². The fourth-order valence-electron chi connectivity index (χ4n) is 3.98. The van der Waals surface area contributed by atoms with Crippen LogP contribution in [0.2, 0.25) is 0 Å². The average molecular weight is 508 g/mol. The van der Waals surface area contributed by atoms with E-state index in [0.29, 0.717) is 12.8 Å². The Bertz CT molecular complexity index is 1540. The third-order valence-electron chi connectivity index (χ3n) is 5.91. The molecule has 0 aromatic carbocycles. The summed E-state index contributed by atoms with van der Waals surface area (Å²) in [5.41, 5.74) is -2.58. The first-order valence-corrected chi connectivity index (χ1v) is 12.6. The van der Waals surface area contributed by atoms with E-state index in [1.54, 1.807) is 6.92 Å². The summed E-state index contributed by atoms with van der Waals surface area (Å²) < 4.78 is 70.7. The first-order chi connectivity index (χ1) is 16.2. The van der Waals surface area contributed by atoms with Gasteiger partial charge in [-0.15, -0.1) is 0 Å². The van der Waals surface area contributed by atoms with Gasteiger partial charge in [-0.2, -0.15) is 18.4 Å². The summed E-state index contributed by atoms with van der Waals surface area (Å²) in [5.74, 6) is 0.0709. The monoisotopic (exact) mass is 507 g/mol. The van der Waals surface area contributed by atoms with E-state index in [1.165, 1.54) is 43.8 Å². The van der Waals surface area contributed by atoms with Gasteiger partial charge in [0.05, 0.1) is 26.5 Å². The molecule has 35 heavy (non-hydrogen) atoms. The lowest BCUT2D eigenvalue weighted by Gasteiger charge is -2.20. The highest BCUT2D eigenvalue weighted by atomic mass is 32.2. The van der Waals surface area contributed by atoms with Crippen LogP contribution in [0.25, 0.3) is 22.3 Å². The second kappa shape index (κ2) is 8.12. The van der Waals surface area contributed by atoms with Crippen molar-refractivity contribution in [1.82, 2.24) is 14.1 Å². The van der Waals surface area contributed by atoms with Crippen molar-refractivity contribution in [3.8, 4) is 23.2 Å². The molecule has 0 saturated heterocycles. The first-order valence-electron chi connectivity index (χ1n) is 10.9. The lowest BCUT2D eigenvalue weighted by Crippen LogP contribution is -2.28. The van der Waals surface area contributed by atoms with Gasteiger partial charge in [-0.1, -0.05) is 6.92 Å². The standard InChI is InChI=1S/C23H24F3N5O3S/c1-5-35(28,33)17-10-15(34-22(2,3)12-27)11-29-19(17)16-8-13-9-18(23(24,25)26)31(14-6-7-14)21(32)20(13)30(16)4/h8-11,14,28H,5-7H2,1-4H3/t35-/m1/s1. The van der Waals surface area contributed by atoms with Crippen molar-refractivity contribution in [1.29, 1.82) is 10.0 Å². The van der Waals surface area contributed by atoms with Gasteiger partial charge < -0.3 is 9.30 Å². The van der Waals surface area contributed by atoms with E-state index in [0.717, 1.165) is 10.6 Å². The van der Waals surface area contributed by atoms with Crippen LogP contribution in [0.15, 0.2) is 34.1 Å². The third kappa shape index (κ3) is 4.40. The first kappa shape index (κ1) is 24.8. The molecule has 0 spiro atoms. The van der Waals surface area contributed by atoms with E-state index < -0.39 is 38.8 Å². The quantitative estimate of drug-likeness (QED) is 0.512. The van der Waals surface area contributed by atoms with Crippen molar-refractivity contribution < 1.29 is 22.1 Å². The Morgan fingerprint density at radius 3 is 2.49 bits per heavy atom. The van der Waals surface area contributed by atoms with Crippen molar-refractivity contribution in [2.24, 2.45) is 7.05 Å². The van der Waals surface area contributed by atoms with E-state index in [1.807, 2.05) is 6.07 Å². The average Bonchev–Trinajstić information content (AvgIpc) is 3.55. The van der Waals surface area contributed by atoms with Crippen LogP contribution in [-0.2, 0) is 23.0 Å². The molecule has 1 saturated carbocycles. The van der Waals surface area contributed by atoms with Crippen molar-refractivity contribution in [2.75, 3.05) is 5.75 Å². The van der Waals surface area contributed by atoms with Crippen molar-refractivity contribution >= 4 is 20.6 Å². The Kier molecular flexibility index (Phi) is 5.75. The molecule has 1 atom stereocenters. The number of rotatable bonds is 6. The second-order valence-electron chi connectivity index (χ2n) is 9.03. The van der Waals surface area contributed by atoms with Crippen LogP contribution in [0.5, 0.6) is 5.75 Å². The molecule has 0 unspecified atom stereocenters. The van der Waals surface area contributed by atoms with Gasteiger partial charge in [-0.05, 0) is 38.8 Å². The fraction of sp³-hybridized carbons (Fsp3) is 0.435. The molecule has 3 aromatic heterocycles. The summed E-state index contributed by atoms with van der Waals surface area (Å²) in [7, 11) is -1.85. The Morgan fingerprint density at radius 1 is 1.29 bits per heavy atom. The molecule has 1 N–H and O–H groups in total. The fourth-order valence-corrected chi connectivity index (χ4v) is 5.07. The molecule has 0 aliphatic heterocycles. The number of hydrogen-bond donors (Lipinski definition) is 1. The van der Waals surface area contributed by atoms with Crippen LogP contribution in [-0.4, -0.2) is 29.7 Å². The number of aromatic nitrogens is 3. The van der Waals surface area contributed by atoms with E-state index in [9.17, 15) is 27.4 Å². The molecular weight excluding hydrogens is 483 g/mol. The Labute approximate surface area is 199 Å². The van der Waals surface area contributed by atoms with Gasteiger partial charge in [0.2, 0.25) is 0 Å². The lowest BCUT2D eigenvalue weighted by molar-refractivity contribution is -0.144. The molecule has 186 valence electrons. The normalized spacial score (nSPS) is 16.2. The highest BCUT2D eigenvalue weighted by Gasteiger charge is 2.40. The molecule has 3 aromatic rings. The van der Waals surface area contributed by atoms with E-state index in [-0.39, 0.29) is 38.7 Å². The maximum absolute atomic E-state index is 13.8. The maximum atomic E-state index is 13.8. The second-order valence-corrected chi connectivity index (χ2v) is 11.4. The van der Waals surface area contributed by atoms with Crippen LogP contribution >= 0.6 is 0 Å². The molecule has 4 rings (SSSR count). The van der Waals surface area contributed by atoms with Crippen LogP contribution in [0, 0.1) is 16.1 Å². The summed E-state index contributed by atoms with van der Waals surface area (Å²) in [6.07, 6.45) is -2.42. The molecule has 0 amide bonds. The minimum Gasteiger partial charge on any atom is -0.471 e. The zero-order valence-electron chi connectivity index (χ0n) is 19.6.